The quantitative estimate of drug-likeness (QED) is 0.827. The lowest BCUT2D eigenvalue weighted by Gasteiger charge is -2.36. The molecule has 1 amide bonds. The van der Waals surface area contributed by atoms with E-state index in [1.807, 2.05) is 43.9 Å². The van der Waals surface area contributed by atoms with Crippen LogP contribution in [0.1, 0.15) is 18.1 Å². The molecule has 1 aliphatic rings. The smallest absolute Gasteiger partial charge is 0.252 e. The van der Waals surface area contributed by atoms with Gasteiger partial charge < -0.3 is 5.32 Å². The highest BCUT2D eigenvalue weighted by Gasteiger charge is 2.32. The van der Waals surface area contributed by atoms with Gasteiger partial charge in [0.15, 0.2) is 0 Å². The minimum atomic E-state index is -3.42. The minimum Gasteiger partial charge on any atom is -0.324 e. The Hall–Kier alpha value is -1.74. The number of amides is 1. The molecule has 2 aromatic rings. The number of sulfonamides is 1. The standard InChI is InChI=1S/C19H25N3O3S2/c1-14-6-4-7-15(2)18(14)20-19(23)16(3)21-9-11-22(12-10-21)27(24,25)17-8-5-13-26-17/h4-8,13,16H,9-12H2,1-3H3,(H,20,23)/t16-/m0/s1. The molecule has 0 saturated carbocycles. The van der Waals surface area contributed by atoms with Crippen molar-refractivity contribution in [2.45, 2.75) is 31.0 Å². The number of aryl methyl sites for hydroxylation is 2. The molecule has 6 nitrogen and oxygen atoms in total. The highest BCUT2D eigenvalue weighted by molar-refractivity contribution is 7.91. The van der Waals surface area contributed by atoms with Gasteiger partial charge in [0.05, 0.1) is 6.04 Å². The molecule has 2 heterocycles. The summed E-state index contributed by atoms with van der Waals surface area (Å²) in [4.78, 5) is 14.7. The van der Waals surface area contributed by atoms with Crippen molar-refractivity contribution in [3.05, 3.63) is 46.8 Å². The van der Waals surface area contributed by atoms with Gasteiger partial charge in [-0.1, -0.05) is 24.3 Å². The van der Waals surface area contributed by atoms with Gasteiger partial charge in [-0.15, -0.1) is 11.3 Å². The van der Waals surface area contributed by atoms with Crippen LogP contribution in [-0.2, 0) is 14.8 Å². The van der Waals surface area contributed by atoms with Gasteiger partial charge in [0.1, 0.15) is 4.21 Å². The summed E-state index contributed by atoms with van der Waals surface area (Å²) in [5.74, 6) is -0.0676. The largest absolute Gasteiger partial charge is 0.324 e. The second-order valence-electron chi connectivity index (χ2n) is 6.80. The third-order valence-electron chi connectivity index (χ3n) is 5.02. The molecule has 0 bridgehead atoms. The number of thiophene rings is 1. The van der Waals surface area contributed by atoms with Crippen LogP contribution in [-0.4, -0.2) is 55.8 Å². The summed E-state index contributed by atoms with van der Waals surface area (Å²) >= 11 is 1.23. The number of para-hydroxylation sites is 1. The summed E-state index contributed by atoms with van der Waals surface area (Å²) in [7, 11) is -3.42. The lowest BCUT2D eigenvalue weighted by Crippen LogP contribution is -2.53. The molecular weight excluding hydrogens is 382 g/mol. The first kappa shape index (κ1) is 20.0. The summed E-state index contributed by atoms with van der Waals surface area (Å²) in [5.41, 5.74) is 2.91. The highest BCUT2D eigenvalue weighted by atomic mass is 32.2. The second kappa shape index (κ2) is 8.10. The Morgan fingerprint density at radius 2 is 1.70 bits per heavy atom. The van der Waals surface area contributed by atoms with E-state index in [0.717, 1.165) is 16.8 Å². The van der Waals surface area contributed by atoms with E-state index in [9.17, 15) is 13.2 Å². The molecule has 3 rings (SSSR count). The lowest BCUT2D eigenvalue weighted by atomic mass is 10.1. The van der Waals surface area contributed by atoms with Gasteiger partial charge in [-0.05, 0) is 43.3 Å². The van der Waals surface area contributed by atoms with Crippen LogP contribution in [0, 0.1) is 13.8 Å². The van der Waals surface area contributed by atoms with E-state index >= 15 is 0 Å². The van der Waals surface area contributed by atoms with Crippen molar-refractivity contribution in [3.63, 3.8) is 0 Å². The SMILES string of the molecule is Cc1cccc(C)c1NC(=O)[C@H](C)N1CCN(S(=O)(=O)c2cccs2)CC1. The molecule has 1 aromatic heterocycles. The first-order chi connectivity index (χ1) is 12.8. The number of hydrogen-bond donors (Lipinski definition) is 1. The van der Waals surface area contributed by atoms with Crippen molar-refractivity contribution >= 4 is 33.0 Å². The molecule has 1 fully saturated rings. The summed E-state index contributed by atoms with van der Waals surface area (Å²) in [6, 6.07) is 8.97. The molecule has 27 heavy (non-hydrogen) atoms. The molecule has 0 aliphatic carbocycles. The van der Waals surface area contributed by atoms with Crippen molar-refractivity contribution in [3.8, 4) is 0 Å². The van der Waals surface area contributed by atoms with Crippen LogP contribution < -0.4 is 5.32 Å². The topological polar surface area (TPSA) is 69.7 Å². The number of rotatable bonds is 5. The number of nitrogens with one attached hydrogen (secondary N) is 1. The average molecular weight is 408 g/mol. The van der Waals surface area contributed by atoms with Crippen LogP contribution in [0.2, 0.25) is 0 Å². The van der Waals surface area contributed by atoms with Crippen molar-refractivity contribution in [2.24, 2.45) is 0 Å². The van der Waals surface area contributed by atoms with Gasteiger partial charge >= 0.3 is 0 Å². The van der Waals surface area contributed by atoms with Gasteiger partial charge in [-0.2, -0.15) is 4.31 Å². The predicted molar refractivity (Wildman–Crippen MR) is 109 cm³/mol. The fourth-order valence-electron chi connectivity index (χ4n) is 3.27. The van der Waals surface area contributed by atoms with E-state index in [-0.39, 0.29) is 11.9 Å². The number of piperazine rings is 1. The zero-order chi connectivity index (χ0) is 19.6. The number of carbonyl (C=O) groups is 1. The van der Waals surface area contributed by atoms with Crippen LogP contribution >= 0.6 is 11.3 Å². The number of nitrogens with zero attached hydrogens (tertiary/aromatic N) is 2. The van der Waals surface area contributed by atoms with E-state index in [0.29, 0.717) is 30.4 Å². The summed E-state index contributed by atoms with van der Waals surface area (Å²) in [6.07, 6.45) is 0. The number of carbonyl (C=O) groups excluding carboxylic acids is 1. The molecule has 1 aliphatic heterocycles. The maximum atomic E-state index is 12.7. The molecule has 1 saturated heterocycles. The van der Waals surface area contributed by atoms with Gasteiger partial charge in [0.25, 0.3) is 10.0 Å². The van der Waals surface area contributed by atoms with Gasteiger partial charge in [0, 0.05) is 31.9 Å². The molecule has 0 radical (unpaired) electrons. The molecule has 8 heteroatoms. The predicted octanol–water partition coefficient (Wildman–Crippen LogP) is 2.70. The Balaban J connectivity index is 1.61. The third-order valence-corrected chi connectivity index (χ3v) is 8.29. The Morgan fingerprint density at radius 1 is 1.07 bits per heavy atom. The molecule has 1 N–H and O–H groups in total. The van der Waals surface area contributed by atoms with Crippen LogP contribution in [0.3, 0.4) is 0 Å². The monoisotopic (exact) mass is 407 g/mol. The first-order valence-electron chi connectivity index (χ1n) is 8.95. The van der Waals surface area contributed by atoms with Crippen LogP contribution in [0.15, 0.2) is 39.9 Å². The maximum Gasteiger partial charge on any atom is 0.252 e. The molecule has 0 spiro atoms. The normalized spacial score (nSPS) is 17.6. The van der Waals surface area contributed by atoms with Crippen molar-refractivity contribution in [1.82, 2.24) is 9.21 Å². The van der Waals surface area contributed by atoms with E-state index < -0.39 is 10.0 Å². The molecule has 1 aromatic carbocycles. The molecule has 146 valence electrons. The fourth-order valence-corrected chi connectivity index (χ4v) is 5.84. The highest BCUT2D eigenvalue weighted by Crippen LogP contribution is 2.23. The third kappa shape index (κ3) is 4.24. The summed E-state index contributed by atoms with van der Waals surface area (Å²) in [5, 5.41) is 4.80. The molecule has 0 unspecified atom stereocenters. The number of anilines is 1. The summed E-state index contributed by atoms with van der Waals surface area (Å²) < 4.78 is 27.1. The van der Waals surface area contributed by atoms with E-state index in [1.54, 1.807) is 17.5 Å². The number of hydrogen-bond acceptors (Lipinski definition) is 5. The van der Waals surface area contributed by atoms with Crippen LogP contribution in [0.5, 0.6) is 0 Å². The van der Waals surface area contributed by atoms with Crippen molar-refractivity contribution in [1.29, 1.82) is 0 Å². The zero-order valence-corrected chi connectivity index (χ0v) is 17.4. The van der Waals surface area contributed by atoms with E-state index in [2.05, 4.69) is 5.32 Å². The Bertz CT molecular complexity index is 882. The average Bonchev–Trinajstić information content (AvgIpc) is 3.20. The number of benzene rings is 1. The van der Waals surface area contributed by atoms with Crippen LogP contribution in [0.4, 0.5) is 5.69 Å². The Labute approximate surface area is 164 Å². The fraction of sp³-hybridized carbons (Fsp3) is 0.421. The van der Waals surface area contributed by atoms with Crippen LogP contribution in [0.25, 0.3) is 0 Å². The first-order valence-corrected chi connectivity index (χ1v) is 11.3. The van der Waals surface area contributed by atoms with Crippen molar-refractivity contribution < 1.29 is 13.2 Å². The lowest BCUT2D eigenvalue weighted by molar-refractivity contribution is -0.121. The summed E-state index contributed by atoms with van der Waals surface area (Å²) in [6.45, 7) is 7.66. The van der Waals surface area contributed by atoms with Crippen molar-refractivity contribution in [2.75, 3.05) is 31.5 Å². The van der Waals surface area contributed by atoms with Gasteiger partial charge in [-0.3, -0.25) is 9.69 Å². The minimum absolute atomic E-state index is 0.0676. The Morgan fingerprint density at radius 3 is 2.26 bits per heavy atom. The maximum absolute atomic E-state index is 12.7. The second-order valence-corrected chi connectivity index (χ2v) is 9.92. The molecular formula is C19H25N3O3S2. The molecule has 1 atom stereocenters. The van der Waals surface area contributed by atoms with E-state index in [1.165, 1.54) is 15.6 Å². The van der Waals surface area contributed by atoms with Gasteiger partial charge in [-0.25, -0.2) is 8.42 Å². The zero-order valence-electron chi connectivity index (χ0n) is 15.8. The van der Waals surface area contributed by atoms with E-state index in [4.69, 9.17) is 0 Å². The Kier molecular flexibility index (Phi) is 6.00. The van der Waals surface area contributed by atoms with Gasteiger partial charge in [0.2, 0.25) is 5.91 Å².